The van der Waals surface area contributed by atoms with Crippen LogP contribution in [0.4, 0.5) is 5.69 Å². The topological polar surface area (TPSA) is 54.5 Å². The van der Waals surface area contributed by atoms with Gasteiger partial charge in [-0.05, 0) is 48.6 Å². The number of nitrogens with zero attached hydrogens (tertiary/aromatic N) is 2. The molecule has 1 aliphatic rings. The predicted molar refractivity (Wildman–Crippen MR) is 131 cm³/mol. The molecule has 1 aliphatic heterocycles. The number of thiophene rings is 1. The van der Waals surface area contributed by atoms with E-state index >= 15 is 0 Å². The van der Waals surface area contributed by atoms with Gasteiger partial charge in [0.1, 0.15) is 4.88 Å². The normalized spacial score (nSPS) is 14.5. The molecule has 1 N–H and O–H groups in total. The maximum Gasteiger partial charge on any atom is 0.350 e. The highest BCUT2D eigenvalue weighted by atomic mass is 79.9. The standard InChI is InChI=1S/C21H20BrN3O2S3/c1-27-20(26)18-16(7-10-29-18)24-21(28)25-8-5-13(6-9-25)19-23-17(12-30-19)14-3-2-4-15(22)11-14/h2-4,7,10-13H,5-6,8-9H2,1H3,(H,24,28). The highest BCUT2D eigenvalue weighted by Crippen LogP contribution is 2.34. The van der Waals surface area contributed by atoms with Crippen LogP contribution in [0.15, 0.2) is 45.6 Å². The van der Waals surface area contributed by atoms with Gasteiger partial charge < -0.3 is 15.0 Å². The van der Waals surface area contributed by atoms with Crippen molar-refractivity contribution in [2.24, 2.45) is 0 Å². The first-order valence-electron chi connectivity index (χ1n) is 9.48. The second kappa shape index (κ2) is 9.55. The van der Waals surface area contributed by atoms with Crippen molar-refractivity contribution in [1.82, 2.24) is 9.88 Å². The van der Waals surface area contributed by atoms with Crippen molar-refractivity contribution >= 4 is 67.6 Å². The molecule has 0 bridgehead atoms. The number of piperidine rings is 1. The number of hydrogen-bond donors (Lipinski definition) is 1. The molecule has 3 aromatic rings. The molecule has 1 aromatic carbocycles. The summed E-state index contributed by atoms with van der Waals surface area (Å²) in [7, 11) is 1.38. The van der Waals surface area contributed by atoms with Gasteiger partial charge in [-0.25, -0.2) is 9.78 Å². The Bertz CT molecular complexity index is 1060. The van der Waals surface area contributed by atoms with Crippen LogP contribution in [-0.2, 0) is 4.74 Å². The Hall–Kier alpha value is -1.81. The van der Waals surface area contributed by atoms with E-state index in [-0.39, 0.29) is 5.97 Å². The molecular formula is C21H20BrN3O2S3. The minimum absolute atomic E-state index is 0.348. The number of aromatic nitrogens is 1. The summed E-state index contributed by atoms with van der Waals surface area (Å²) in [5.74, 6) is 0.0979. The fourth-order valence-electron chi connectivity index (χ4n) is 3.44. The first-order valence-corrected chi connectivity index (χ1v) is 12.4. The number of benzene rings is 1. The van der Waals surface area contributed by atoms with Crippen LogP contribution in [0.1, 0.15) is 33.4 Å². The van der Waals surface area contributed by atoms with Gasteiger partial charge in [0.05, 0.1) is 23.5 Å². The van der Waals surface area contributed by atoms with Crippen LogP contribution >= 0.6 is 50.8 Å². The second-order valence-corrected chi connectivity index (χ2v) is 10.0. The Morgan fingerprint density at radius 3 is 2.83 bits per heavy atom. The summed E-state index contributed by atoms with van der Waals surface area (Å²) >= 11 is 12.2. The van der Waals surface area contributed by atoms with E-state index in [1.165, 1.54) is 23.5 Å². The average molecular weight is 523 g/mol. The quantitative estimate of drug-likeness (QED) is 0.335. The molecule has 3 heterocycles. The van der Waals surface area contributed by atoms with Gasteiger partial charge >= 0.3 is 5.97 Å². The van der Waals surface area contributed by atoms with Crippen molar-refractivity contribution in [3.8, 4) is 11.3 Å². The number of likely N-dealkylation sites (tertiary alicyclic amines) is 1. The fourth-order valence-corrected chi connectivity index (χ4v) is 5.90. The van der Waals surface area contributed by atoms with Crippen LogP contribution < -0.4 is 5.32 Å². The lowest BCUT2D eigenvalue weighted by atomic mass is 9.98. The largest absolute Gasteiger partial charge is 0.465 e. The van der Waals surface area contributed by atoms with E-state index in [4.69, 9.17) is 21.9 Å². The monoisotopic (exact) mass is 521 g/mol. The number of methoxy groups -OCH3 is 1. The molecule has 9 heteroatoms. The minimum atomic E-state index is -0.348. The van der Waals surface area contributed by atoms with Crippen LogP contribution in [0.3, 0.4) is 0 Å². The first kappa shape index (κ1) is 21.4. The number of nitrogens with one attached hydrogen (secondary N) is 1. The van der Waals surface area contributed by atoms with E-state index in [2.05, 4.69) is 43.7 Å². The Morgan fingerprint density at radius 1 is 1.30 bits per heavy atom. The van der Waals surface area contributed by atoms with Crippen molar-refractivity contribution in [2.45, 2.75) is 18.8 Å². The third kappa shape index (κ3) is 4.74. The summed E-state index contributed by atoms with van der Waals surface area (Å²) < 4.78 is 5.89. The number of thiazole rings is 1. The molecule has 0 aliphatic carbocycles. The number of hydrogen-bond acceptors (Lipinski definition) is 6. The summed E-state index contributed by atoms with van der Waals surface area (Å²) in [5, 5.41) is 9.04. The van der Waals surface area contributed by atoms with E-state index in [9.17, 15) is 4.79 Å². The maximum atomic E-state index is 11.9. The van der Waals surface area contributed by atoms with E-state index in [1.54, 1.807) is 11.3 Å². The van der Waals surface area contributed by atoms with Crippen molar-refractivity contribution in [2.75, 3.05) is 25.5 Å². The highest BCUT2D eigenvalue weighted by Gasteiger charge is 2.25. The molecule has 5 nitrogen and oxygen atoms in total. The van der Waals surface area contributed by atoms with E-state index < -0.39 is 0 Å². The summed E-state index contributed by atoms with van der Waals surface area (Å²) in [6, 6.07) is 10.1. The Labute approximate surface area is 197 Å². The smallest absolute Gasteiger partial charge is 0.350 e. The lowest BCUT2D eigenvalue weighted by Gasteiger charge is -2.33. The molecule has 0 radical (unpaired) electrons. The van der Waals surface area contributed by atoms with Gasteiger partial charge in [-0.3, -0.25) is 0 Å². The summed E-state index contributed by atoms with van der Waals surface area (Å²) in [4.78, 5) is 19.5. The van der Waals surface area contributed by atoms with Crippen LogP contribution in [0.25, 0.3) is 11.3 Å². The summed E-state index contributed by atoms with van der Waals surface area (Å²) in [6.07, 6.45) is 2.00. The maximum absolute atomic E-state index is 11.9. The average Bonchev–Trinajstić information content (AvgIpc) is 3.43. The molecule has 0 atom stereocenters. The molecule has 0 spiro atoms. The molecule has 1 fully saturated rings. The molecule has 156 valence electrons. The van der Waals surface area contributed by atoms with Crippen molar-refractivity contribution < 1.29 is 9.53 Å². The summed E-state index contributed by atoms with van der Waals surface area (Å²) in [6.45, 7) is 1.72. The zero-order chi connectivity index (χ0) is 21.1. The Morgan fingerprint density at radius 2 is 2.10 bits per heavy atom. The number of carbonyl (C=O) groups is 1. The number of carbonyl (C=O) groups excluding carboxylic acids is 1. The Balaban J connectivity index is 1.36. The molecule has 1 saturated heterocycles. The van der Waals surface area contributed by atoms with E-state index in [0.717, 1.165) is 41.7 Å². The number of ether oxygens (including phenoxy) is 1. The molecule has 4 rings (SSSR count). The van der Waals surface area contributed by atoms with Crippen LogP contribution in [0.2, 0.25) is 0 Å². The van der Waals surface area contributed by atoms with Gasteiger partial charge in [0.15, 0.2) is 5.11 Å². The number of anilines is 1. The van der Waals surface area contributed by atoms with E-state index in [1.807, 2.05) is 23.6 Å². The minimum Gasteiger partial charge on any atom is -0.465 e. The lowest BCUT2D eigenvalue weighted by Crippen LogP contribution is -2.40. The third-order valence-corrected chi connectivity index (χ3v) is 7.81. The van der Waals surface area contributed by atoms with Gasteiger partial charge in [0.2, 0.25) is 0 Å². The van der Waals surface area contributed by atoms with Crippen LogP contribution in [-0.4, -0.2) is 41.2 Å². The fraction of sp³-hybridized carbons (Fsp3) is 0.286. The van der Waals surface area contributed by atoms with Crippen molar-refractivity contribution in [3.63, 3.8) is 0 Å². The number of rotatable bonds is 4. The zero-order valence-corrected chi connectivity index (χ0v) is 20.3. The van der Waals surface area contributed by atoms with Gasteiger partial charge in [0.25, 0.3) is 0 Å². The van der Waals surface area contributed by atoms with Crippen molar-refractivity contribution in [3.05, 3.63) is 55.4 Å². The molecular weight excluding hydrogens is 502 g/mol. The number of thiocarbonyl (C=S) groups is 1. The second-order valence-electron chi connectivity index (χ2n) is 6.93. The SMILES string of the molecule is COC(=O)c1sccc1NC(=S)N1CCC(c2nc(-c3cccc(Br)c3)cs2)CC1. The lowest BCUT2D eigenvalue weighted by molar-refractivity contribution is 0.0607. The van der Waals surface area contributed by atoms with Gasteiger partial charge in [-0.1, -0.05) is 28.1 Å². The molecule has 30 heavy (non-hydrogen) atoms. The van der Waals surface area contributed by atoms with Crippen LogP contribution in [0, 0.1) is 0 Å². The van der Waals surface area contributed by atoms with Crippen LogP contribution in [0.5, 0.6) is 0 Å². The predicted octanol–water partition coefficient (Wildman–Crippen LogP) is 6.00. The first-order chi connectivity index (χ1) is 14.5. The third-order valence-electron chi connectivity index (χ3n) is 5.05. The number of halogens is 1. The van der Waals surface area contributed by atoms with Gasteiger partial charge in [-0.15, -0.1) is 22.7 Å². The molecule has 0 amide bonds. The zero-order valence-electron chi connectivity index (χ0n) is 16.3. The Kier molecular flexibility index (Phi) is 6.82. The van der Waals surface area contributed by atoms with Gasteiger partial charge in [-0.2, -0.15) is 0 Å². The summed E-state index contributed by atoms with van der Waals surface area (Å²) in [5.41, 5.74) is 2.87. The van der Waals surface area contributed by atoms with Crippen molar-refractivity contribution in [1.29, 1.82) is 0 Å². The number of esters is 1. The molecule has 0 saturated carbocycles. The van der Waals surface area contributed by atoms with Gasteiger partial charge in [0, 0.05) is 34.4 Å². The molecule has 2 aromatic heterocycles. The van der Waals surface area contributed by atoms with E-state index in [0.29, 0.717) is 21.6 Å². The highest BCUT2D eigenvalue weighted by molar-refractivity contribution is 9.10. The molecule has 0 unspecified atom stereocenters.